The Morgan fingerprint density at radius 3 is 2.52 bits per heavy atom. The van der Waals surface area contributed by atoms with E-state index in [0.717, 1.165) is 11.6 Å². The van der Waals surface area contributed by atoms with Gasteiger partial charge >= 0.3 is 5.97 Å². The minimum absolute atomic E-state index is 0.0266. The summed E-state index contributed by atoms with van der Waals surface area (Å²) in [6, 6.07) is 12.2. The van der Waals surface area contributed by atoms with Crippen molar-refractivity contribution in [2.75, 3.05) is 7.11 Å². The molecule has 0 saturated heterocycles. The number of hydrogen-bond donors (Lipinski definition) is 1. The molecule has 0 heterocycles. The minimum atomic E-state index is -0.799. The fourth-order valence-electron chi connectivity index (χ4n) is 1.88. The fraction of sp³-hybridized carbons (Fsp3) is 0.125. The summed E-state index contributed by atoms with van der Waals surface area (Å²) in [4.78, 5) is 22.0. The lowest BCUT2D eigenvalue weighted by atomic mass is 10.1. The molecule has 23 heavy (non-hydrogen) atoms. The molecule has 7 heteroatoms. The van der Waals surface area contributed by atoms with Crippen molar-refractivity contribution in [2.24, 2.45) is 0 Å². The first-order valence-electron chi connectivity index (χ1n) is 6.66. The van der Waals surface area contributed by atoms with Crippen molar-refractivity contribution in [1.82, 2.24) is 0 Å². The van der Waals surface area contributed by atoms with E-state index in [9.17, 15) is 14.9 Å². The number of carbonyl (C=O) groups is 1. The molecule has 118 valence electrons. The summed E-state index contributed by atoms with van der Waals surface area (Å²) in [6.45, 7) is 0. The highest BCUT2D eigenvalue weighted by Gasteiger charge is 2.14. The topological polar surface area (TPSA) is 103 Å². The van der Waals surface area contributed by atoms with Crippen LogP contribution < -0.4 is 4.74 Å². The normalized spacial score (nSPS) is 9.96. The Bertz CT molecular complexity index is 740. The van der Waals surface area contributed by atoms with Gasteiger partial charge in [-0.1, -0.05) is 18.2 Å². The predicted molar refractivity (Wildman–Crippen MR) is 82.9 cm³/mol. The van der Waals surface area contributed by atoms with Gasteiger partial charge in [-0.25, -0.2) is 4.79 Å². The van der Waals surface area contributed by atoms with E-state index in [-0.39, 0.29) is 23.6 Å². The average molecular weight is 314 g/mol. The molecule has 0 atom stereocenters. The molecule has 0 aliphatic heterocycles. The Morgan fingerprint density at radius 2 is 1.91 bits per heavy atom. The van der Waals surface area contributed by atoms with Gasteiger partial charge in [-0.2, -0.15) is 0 Å². The maximum Gasteiger partial charge on any atom is 0.344 e. The average Bonchev–Trinajstić information content (AvgIpc) is 2.55. The van der Waals surface area contributed by atoms with Gasteiger partial charge in [0.05, 0.1) is 17.6 Å². The third-order valence-corrected chi connectivity index (χ3v) is 3.03. The maximum atomic E-state index is 11.9. The first-order valence-corrected chi connectivity index (χ1v) is 6.66. The monoisotopic (exact) mass is 314 g/mol. The van der Waals surface area contributed by atoms with E-state index >= 15 is 0 Å². The molecule has 0 aliphatic rings. The van der Waals surface area contributed by atoms with Crippen LogP contribution in [0, 0.1) is 15.5 Å². The van der Waals surface area contributed by atoms with Gasteiger partial charge in [-0.05, 0) is 23.8 Å². The number of esters is 1. The Balaban J connectivity index is 2.00. The van der Waals surface area contributed by atoms with Crippen molar-refractivity contribution >= 4 is 17.6 Å². The van der Waals surface area contributed by atoms with Gasteiger partial charge in [0.2, 0.25) is 0 Å². The Kier molecular flexibility index (Phi) is 5.03. The predicted octanol–water partition coefficient (Wildman–Crippen LogP) is 2.98. The van der Waals surface area contributed by atoms with Gasteiger partial charge in [-0.3, -0.25) is 15.5 Å². The van der Waals surface area contributed by atoms with Crippen molar-refractivity contribution in [2.45, 2.75) is 6.42 Å². The summed E-state index contributed by atoms with van der Waals surface area (Å²) in [5.74, 6) is -0.354. The number of nitrogens with zero attached hydrogens (tertiary/aromatic N) is 1. The summed E-state index contributed by atoms with van der Waals surface area (Å²) in [7, 11) is 1.55. The van der Waals surface area contributed by atoms with Gasteiger partial charge in [-0.15, -0.1) is 0 Å². The summed E-state index contributed by atoms with van der Waals surface area (Å²) in [6.07, 6.45) is 0.130. The molecule has 0 unspecified atom stereocenters. The SMILES string of the molecule is COc1ccc(CC(=N)OC(=O)c2cccc([N+](=O)[O-])c2)cc1. The van der Waals surface area contributed by atoms with Crippen LogP contribution >= 0.6 is 0 Å². The van der Waals surface area contributed by atoms with Crippen LogP contribution in [0.3, 0.4) is 0 Å². The zero-order valence-corrected chi connectivity index (χ0v) is 12.3. The number of nitro groups is 1. The molecule has 0 aliphatic carbocycles. The minimum Gasteiger partial charge on any atom is -0.497 e. The fourth-order valence-corrected chi connectivity index (χ4v) is 1.88. The number of nitrogens with one attached hydrogen (secondary N) is 1. The quantitative estimate of drug-likeness (QED) is 0.300. The number of benzene rings is 2. The van der Waals surface area contributed by atoms with Gasteiger partial charge < -0.3 is 9.47 Å². The van der Waals surface area contributed by atoms with Crippen LogP contribution in [0.1, 0.15) is 15.9 Å². The number of carbonyl (C=O) groups excluding carboxylic acids is 1. The molecule has 7 nitrogen and oxygen atoms in total. The number of rotatable bonds is 5. The third kappa shape index (κ3) is 4.37. The lowest BCUT2D eigenvalue weighted by Crippen LogP contribution is -2.14. The first-order chi connectivity index (χ1) is 11.0. The van der Waals surface area contributed by atoms with Gasteiger partial charge in [0.25, 0.3) is 5.69 Å². The number of nitro benzene ring substituents is 1. The molecular weight excluding hydrogens is 300 g/mol. The van der Waals surface area contributed by atoms with E-state index in [1.165, 1.54) is 18.2 Å². The van der Waals surface area contributed by atoms with Crippen LogP contribution in [-0.4, -0.2) is 23.9 Å². The molecule has 2 rings (SSSR count). The van der Waals surface area contributed by atoms with Crippen LogP contribution in [0.15, 0.2) is 48.5 Å². The van der Waals surface area contributed by atoms with Crippen molar-refractivity contribution in [3.63, 3.8) is 0 Å². The first kappa shape index (κ1) is 16.2. The van der Waals surface area contributed by atoms with Gasteiger partial charge in [0.15, 0.2) is 5.90 Å². The van der Waals surface area contributed by atoms with E-state index < -0.39 is 10.9 Å². The molecular formula is C16H14N2O5. The van der Waals surface area contributed by atoms with Crippen molar-refractivity contribution < 1.29 is 19.2 Å². The molecule has 0 saturated carbocycles. The van der Waals surface area contributed by atoms with E-state index in [1.807, 2.05) is 0 Å². The van der Waals surface area contributed by atoms with Crippen LogP contribution in [0.5, 0.6) is 5.75 Å². The van der Waals surface area contributed by atoms with Crippen LogP contribution in [0.25, 0.3) is 0 Å². The van der Waals surface area contributed by atoms with Gasteiger partial charge in [0, 0.05) is 18.6 Å². The van der Waals surface area contributed by atoms with Crippen molar-refractivity contribution in [3.8, 4) is 5.75 Å². The molecule has 2 aromatic carbocycles. The van der Waals surface area contributed by atoms with E-state index in [0.29, 0.717) is 5.75 Å². The standard InChI is InChI=1S/C16H14N2O5/c1-22-14-7-5-11(6-8-14)9-15(17)23-16(19)12-3-2-4-13(10-12)18(20)21/h2-8,10,17H,9H2,1H3. The second-order valence-corrected chi connectivity index (χ2v) is 4.64. The van der Waals surface area contributed by atoms with Crippen molar-refractivity contribution in [3.05, 3.63) is 69.8 Å². The van der Waals surface area contributed by atoms with Crippen molar-refractivity contribution in [1.29, 1.82) is 5.41 Å². The number of hydrogen-bond acceptors (Lipinski definition) is 6. The molecule has 0 fully saturated rings. The summed E-state index contributed by atoms with van der Waals surface area (Å²) in [5, 5.41) is 18.4. The van der Waals surface area contributed by atoms with Crippen LogP contribution in [0.4, 0.5) is 5.69 Å². The second-order valence-electron chi connectivity index (χ2n) is 4.64. The Morgan fingerprint density at radius 1 is 1.22 bits per heavy atom. The number of methoxy groups -OCH3 is 1. The van der Waals surface area contributed by atoms with E-state index in [2.05, 4.69) is 0 Å². The summed E-state index contributed by atoms with van der Waals surface area (Å²) in [5.41, 5.74) is 0.599. The Labute approximate surface area is 132 Å². The van der Waals surface area contributed by atoms with Gasteiger partial charge in [0.1, 0.15) is 5.75 Å². The molecule has 2 aromatic rings. The summed E-state index contributed by atoms with van der Waals surface area (Å²) >= 11 is 0. The molecule has 0 bridgehead atoms. The molecule has 0 spiro atoms. The zero-order chi connectivity index (χ0) is 16.8. The smallest absolute Gasteiger partial charge is 0.344 e. The van der Waals surface area contributed by atoms with E-state index in [1.54, 1.807) is 31.4 Å². The molecule has 1 N–H and O–H groups in total. The highest BCUT2D eigenvalue weighted by molar-refractivity contribution is 5.98. The second kappa shape index (κ2) is 7.17. The zero-order valence-electron chi connectivity index (χ0n) is 12.3. The summed E-state index contributed by atoms with van der Waals surface area (Å²) < 4.78 is 9.96. The lowest BCUT2D eigenvalue weighted by molar-refractivity contribution is -0.384. The van der Waals surface area contributed by atoms with Crippen LogP contribution in [-0.2, 0) is 11.2 Å². The molecule has 0 aromatic heterocycles. The highest BCUT2D eigenvalue weighted by atomic mass is 16.6. The third-order valence-electron chi connectivity index (χ3n) is 3.03. The lowest BCUT2D eigenvalue weighted by Gasteiger charge is -2.06. The number of ether oxygens (including phenoxy) is 2. The molecule has 0 amide bonds. The largest absolute Gasteiger partial charge is 0.497 e. The van der Waals surface area contributed by atoms with Crippen LogP contribution in [0.2, 0.25) is 0 Å². The highest BCUT2D eigenvalue weighted by Crippen LogP contribution is 2.15. The number of non-ortho nitro benzene ring substituents is 1. The van der Waals surface area contributed by atoms with E-state index in [4.69, 9.17) is 14.9 Å². The Hall–Kier alpha value is -3.22. The maximum absolute atomic E-state index is 11.9. The molecule has 0 radical (unpaired) electrons.